The van der Waals surface area contributed by atoms with E-state index >= 15 is 0 Å². The Morgan fingerprint density at radius 1 is 1.55 bits per heavy atom. The van der Waals surface area contributed by atoms with Gasteiger partial charge in [0.1, 0.15) is 9.45 Å². The highest BCUT2D eigenvalue weighted by Gasteiger charge is 2.45. The van der Waals surface area contributed by atoms with Gasteiger partial charge in [-0.05, 0) is 19.8 Å². The van der Waals surface area contributed by atoms with Crippen LogP contribution < -0.4 is 0 Å². The van der Waals surface area contributed by atoms with E-state index in [9.17, 15) is 17.4 Å². The Labute approximate surface area is 125 Å². The number of aliphatic carboxylic acids is 1. The molecule has 0 spiro atoms. The fourth-order valence-corrected chi connectivity index (χ4v) is 4.87. The zero-order valence-electron chi connectivity index (χ0n) is 10.9. The standard InChI is InChI=1S/C10H15NO6S3/c1-3-7(19(14)15)9(18)20(16,17)10(2,6-11)5-4-8(12)13/h7H,3-5H2,1-2H3,(H,12,13)(H,14,15). The number of hydrogen-bond donors (Lipinski definition) is 2. The lowest BCUT2D eigenvalue weighted by Crippen LogP contribution is -2.43. The predicted molar refractivity (Wildman–Crippen MR) is 77.3 cm³/mol. The predicted octanol–water partition coefficient (Wildman–Crippen LogP) is 0.876. The van der Waals surface area contributed by atoms with Crippen LogP contribution in [0.3, 0.4) is 0 Å². The largest absolute Gasteiger partial charge is 0.481 e. The second-order valence-corrected chi connectivity index (χ2v) is 8.40. The maximum absolute atomic E-state index is 12.3. The molecule has 10 heteroatoms. The highest BCUT2D eigenvalue weighted by Crippen LogP contribution is 2.27. The van der Waals surface area contributed by atoms with Gasteiger partial charge in [0.15, 0.2) is 15.8 Å². The molecular formula is C10H15NO6S3. The third-order valence-electron chi connectivity index (χ3n) is 2.79. The van der Waals surface area contributed by atoms with Gasteiger partial charge in [-0.15, -0.1) is 0 Å². The van der Waals surface area contributed by atoms with E-state index in [-0.39, 0.29) is 6.42 Å². The number of nitrogens with zero attached hydrogens (tertiary/aromatic N) is 1. The van der Waals surface area contributed by atoms with E-state index in [1.807, 2.05) is 0 Å². The summed E-state index contributed by atoms with van der Waals surface area (Å²) < 4.78 is 42.0. The number of carboxylic acid groups (broad SMARTS) is 1. The van der Waals surface area contributed by atoms with Crippen LogP contribution in [0.4, 0.5) is 0 Å². The lowest BCUT2D eigenvalue weighted by atomic mass is 10.1. The zero-order valence-corrected chi connectivity index (χ0v) is 13.3. The number of sulfone groups is 1. The summed E-state index contributed by atoms with van der Waals surface area (Å²) in [6, 6.07) is 1.55. The third-order valence-corrected chi connectivity index (χ3v) is 7.38. The van der Waals surface area contributed by atoms with Crippen LogP contribution in [0.15, 0.2) is 0 Å². The summed E-state index contributed by atoms with van der Waals surface area (Å²) in [7, 11) is -4.35. The van der Waals surface area contributed by atoms with E-state index in [0.717, 1.165) is 6.92 Å². The second-order valence-electron chi connectivity index (χ2n) is 4.23. The van der Waals surface area contributed by atoms with Crippen molar-refractivity contribution in [2.24, 2.45) is 0 Å². The molecule has 0 aliphatic rings. The van der Waals surface area contributed by atoms with Gasteiger partial charge in [-0.1, -0.05) is 19.1 Å². The summed E-state index contributed by atoms with van der Waals surface area (Å²) in [5, 5.41) is 16.4. The minimum absolute atomic E-state index is 0.0155. The molecule has 0 aliphatic heterocycles. The summed E-state index contributed by atoms with van der Waals surface area (Å²) in [5.74, 6) is -1.25. The molecule has 20 heavy (non-hydrogen) atoms. The van der Waals surface area contributed by atoms with Gasteiger partial charge in [-0.25, -0.2) is 12.6 Å². The maximum Gasteiger partial charge on any atom is 0.303 e. The lowest BCUT2D eigenvalue weighted by Gasteiger charge is -2.23. The fourth-order valence-electron chi connectivity index (χ4n) is 1.38. The molecule has 0 amide bonds. The molecule has 0 aliphatic carbocycles. The first kappa shape index (κ1) is 19.1. The average molecular weight is 341 g/mol. The highest BCUT2D eigenvalue weighted by molar-refractivity contribution is 8.19. The molecule has 2 N–H and O–H groups in total. The summed E-state index contributed by atoms with van der Waals surface area (Å²) in [4.78, 5) is 10.5. The SMILES string of the molecule is CCC(C(=S)S(=O)(=O)C(C)(C#N)CCC(=O)O)S(=O)O. The number of carboxylic acids is 1. The molecule has 0 heterocycles. The molecule has 0 radical (unpaired) electrons. The van der Waals surface area contributed by atoms with Gasteiger partial charge in [0.25, 0.3) is 0 Å². The Hall–Kier alpha value is -0.890. The molecule has 114 valence electrons. The number of thiocarbonyl (C=S) groups is 1. The number of nitriles is 1. The van der Waals surface area contributed by atoms with Crippen LogP contribution in [0.1, 0.15) is 33.1 Å². The van der Waals surface area contributed by atoms with Crippen LogP contribution in [0, 0.1) is 11.3 Å². The van der Waals surface area contributed by atoms with Crippen molar-refractivity contribution in [3.05, 3.63) is 0 Å². The van der Waals surface area contributed by atoms with E-state index in [0.29, 0.717) is 0 Å². The first-order valence-electron chi connectivity index (χ1n) is 5.54. The zero-order chi connectivity index (χ0) is 16.1. The molecule has 7 nitrogen and oxygen atoms in total. The van der Waals surface area contributed by atoms with E-state index in [2.05, 4.69) is 0 Å². The van der Waals surface area contributed by atoms with Gasteiger partial charge < -0.3 is 9.66 Å². The average Bonchev–Trinajstić information content (AvgIpc) is 2.35. The van der Waals surface area contributed by atoms with Crippen molar-refractivity contribution in [2.75, 3.05) is 0 Å². The van der Waals surface area contributed by atoms with Crippen molar-refractivity contribution in [1.82, 2.24) is 0 Å². The molecule has 0 aromatic rings. The van der Waals surface area contributed by atoms with Crippen molar-refractivity contribution >= 4 is 43.3 Å². The third kappa shape index (κ3) is 4.05. The second kappa shape index (κ2) is 7.21. The quantitative estimate of drug-likeness (QED) is 0.515. The molecule has 0 aromatic heterocycles. The number of hydrogen-bond acceptors (Lipinski definition) is 6. The van der Waals surface area contributed by atoms with Crippen LogP contribution in [-0.2, 0) is 25.7 Å². The van der Waals surface area contributed by atoms with Gasteiger partial charge in [0.05, 0.1) is 6.07 Å². The van der Waals surface area contributed by atoms with E-state index in [4.69, 9.17) is 27.1 Å². The van der Waals surface area contributed by atoms with Crippen molar-refractivity contribution in [3.8, 4) is 6.07 Å². The van der Waals surface area contributed by atoms with Crippen molar-refractivity contribution < 1.29 is 27.1 Å². The summed E-state index contributed by atoms with van der Waals surface area (Å²) in [5.41, 5.74) is 0. The van der Waals surface area contributed by atoms with Crippen molar-refractivity contribution in [3.63, 3.8) is 0 Å². The van der Waals surface area contributed by atoms with Crippen LogP contribution in [0.2, 0.25) is 0 Å². The number of carbonyl (C=O) groups is 1. The molecule has 3 atom stereocenters. The summed E-state index contributed by atoms with van der Waals surface area (Å²) >= 11 is 2.27. The normalized spacial score (nSPS) is 17.5. The summed E-state index contributed by atoms with van der Waals surface area (Å²) in [6.45, 7) is 2.55. The molecule has 0 bridgehead atoms. The van der Waals surface area contributed by atoms with E-state index in [1.165, 1.54) is 6.92 Å². The van der Waals surface area contributed by atoms with Gasteiger partial charge in [-0.3, -0.25) is 4.79 Å². The van der Waals surface area contributed by atoms with Crippen molar-refractivity contribution in [1.29, 1.82) is 5.26 Å². The molecule has 0 aromatic carbocycles. The molecule has 3 unspecified atom stereocenters. The Balaban J connectivity index is 5.58. The van der Waals surface area contributed by atoms with Crippen LogP contribution in [-0.4, -0.2) is 42.4 Å². The van der Waals surface area contributed by atoms with Gasteiger partial charge >= 0.3 is 5.97 Å². The monoisotopic (exact) mass is 341 g/mol. The van der Waals surface area contributed by atoms with Crippen molar-refractivity contribution in [2.45, 2.75) is 43.1 Å². The number of rotatable bonds is 7. The van der Waals surface area contributed by atoms with Gasteiger partial charge in [-0.2, -0.15) is 5.26 Å². The van der Waals surface area contributed by atoms with E-state index in [1.54, 1.807) is 6.07 Å². The fraction of sp³-hybridized carbons (Fsp3) is 0.700. The Bertz CT molecular complexity index is 564. The molecular weight excluding hydrogens is 326 g/mol. The Morgan fingerprint density at radius 2 is 2.05 bits per heavy atom. The Kier molecular flexibility index (Phi) is 6.89. The van der Waals surface area contributed by atoms with E-state index < -0.39 is 53.9 Å². The molecule has 0 saturated carbocycles. The molecule has 0 saturated heterocycles. The minimum atomic E-state index is -4.35. The molecule has 0 fully saturated rings. The lowest BCUT2D eigenvalue weighted by molar-refractivity contribution is -0.137. The summed E-state index contributed by atoms with van der Waals surface area (Å²) in [6.07, 6.45) is -0.956. The van der Waals surface area contributed by atoms with Crippen LogP contribution >= 0.6 is 12.2 Å². The van der Waals surface area contributed by atoms with Gasteiger partial charge in [0, 0.05) is 6.42 Å². The Morgan fingerprint density at radius 3 is 2.35 bits per heavy atom. The maximum atomic E-state index is 12.3. The van der Waals surface area contributed by atoms with Crippen LogP contribution in [0.25, 0.3) is 0 Å². The smallest absolute Gasteiger partial charge is 0.303 e. The molecule has 0 rings (SSSR count). The topological polar surface area (TPSA) is 133 Å². The van der Waals surface area contributed by atoms with Gasteiger partial charge in [0.2, 0.25) is 9.84 Å². The minimum Gasteiger partial charge on any atom is -0.481 e. The highest BCUT2D eigenvalue weighted by atomic mass is 32.2. The first-order chi connectivity index (χ1) is 9.03. The van der Waals surface area contributed by atoms with Crippen LogP contribution in [0.5, 0.6) is 0 Å². The first-order valence-corrected chi connectivity index (χ1v) is 8.60.